The van der Waals surface area contributed by atoms with Crippen LogP contribution in [0.2, 0.25) is 0 Å². The third-order valence-corrected chi connectivity index (χ3v) is 7.48. The smallest absolute Gasteiger partial charge is 0.258 e. The van der Waals surface area contributed by atoms with Gasteiger partial charge in [0.05, 0.1) is 42.1 Å². The second-order valence-corrected chi connectivity index (χ2v) is 11.4. The van der Waals surface area contributed by atoms with Crippen molar-refractivity contribution in [3.8, 4) is 11.5 Å². The molecule has 0 aliphatic carbocycles. The number of hydrogen-bond donors (Lipinski definition) is 2. The minimum atomic E-state index is -3.71. The monoisotopic (exact) mass is 578 g/mol. The zero-order valence-electron chi connectivity index (χ0n) is 23.7. The maximum absolute atomic E-state index is 13.4. The van der Waals surface area contributed by atoms with Gasteiger partial charge in [0.1, 0.15) is 6.54 Å². The number of sulfonamides is 1. The standard InChI is InChI=1S/C30H34N4O6S/c1-6-39-25-17-23-24(18-26(25)40-7-2)32-30(36)28(23)29(20-11-9-8-10-12-20)31-21-13-15-22(16-14-21)34(41(5,37)38)19-27(35)33(3)4/h8-18,31H,6-7,19H2,1-5H3,(H,32,36). The molecule has 41 heavy (non-hydrogen) atoms. The van der Waals surface area contributed by atoms with Crippen molar-refractivity contribution < 1.29 is 27.5 Å². The lowest BCUT2D eigenvalue weighted by molar-refractivity contribution is -0.127. The van der Waals surface area contributed by atoms with Gasteiger partial charge < -0.3 is 25.0 Å². The van der Waals surface area contributed by atoms with Crippen molar-refractivity contribution in [2.75, 3.05) is 55.0 Å². The number of hydrogen-bond acceptors (Lipinski definition) is 7. The third-order valence-electron chi connectivity index (χ3n) is 6.34. The number of likely N-dealkylation sites (N-methyl/N-ethyl adjacent to an activating group) is 1. The highest BCUT2D eigenvalue weighted by Crippen LogP contribution is 2.43. The van der Waals surface area contributed by atoms with E-state index in [0.29, 0.717) is 58.6 Å². The van der Waals surface area contributed by atoms with Crippen LogP contribution in [0.4, 0.5) is 17.1 Å². The molecule has 216 valence electrons. The fourth-order valence-electron chi connectivity index (χ4n) is 4.37. The second kappa shape index (κ2) is 12.3. The van der Waals surface area contributed by atoms with Crippen LogP contribution < -0.4 is 24.4 Å². The molecule has 0 unspecified atom stereocenters. The Bertz CT molecular complexity index is 1570. The van der Waals surface area contributed by atoms with Crippen molar-refractivity contribution in [1.29, 1.82) is 0 Å². The zero-order chi connectivity index (χ0) is 29.7. The summed E-state index contributed by atoms with van der Waals surface area (Å²) in [5.74, 6) is 0.442. The summed E-state index contributed by atoms with van der Waals surface area (Å²) in [5.41, 5.74) is 3.99. The minimum Gasteiger partial charge on any atom is -0.490 e. The molecular formula is C30H34N4O6S. The third kappa shape index (κ3) is 6.63. The van der Waals surface area contributed by atoms with Crippen LogP contribution in [-0.4, -0.2) is 65.2 Å². The van der Waals surface area contributed by atoms with Crippen LogP contribution in [-0.2, 0) is 19.6 Å². The number of amides is 2. The average molecular weight is 579 g/mol. The number of rotatable bonds is 11. The predicted molar refractivity (Wildman–Crippen MR) is 162 cm³/mol. The largest absolute Gasteiger partial charge is 0.490 e. The normalized spacial score (nSPS) is 13.6. The van der Waals surface area contributed by atoms with Crippen molar-refractivity contribution in [2.45, 2.75) is 13.8 Å². The summed E-state index contributed by atoms with van der Waals surface area (Å²) in [4.78, 5) is 27.0. The van der Waals surface area contributed by atoms with Gasteiger partial charge in [-0.2, -0.15) is 0 Å². The lowest BCUT2D eigenvalue weighted by Crippen LogP contribution is -2.39. The predicted octanol–water partition coefficient (Wildman–Crippen LogP) is 4.27. The molecule has 0 spiro atoms. The highest BCUT2D eigenvalue weighted by molar-refractivity contribution is 7.92. The first-order chi connectivity index (χ1) is 19.5. The molecule has 0 saturated heterocycles. The molecule has 0 saturated carbocycles. The summed E-state index contributed by atoms with van der Waals surface area (Å²) >= 11 is 0. The van der Waals surface area contributed by atoms with E-state index in [9.17, 15) is 18.0 Å². The van der Waals surface area contributed by atoms with Crippen LogP contribution in [0.15, 0.2) is 66.7 Å². The Kier molecular flexibility index (Phi) is 8.87. The fraction of sp³-hybridized carbons (Fsp3) is 0.267. The first-order valence-electron chi connectivity index (χ1n) is 13.1. The second-order valence-electron chi connectivity index (χ2n) is 9.51. The topological polar surface area (TPSA) is 117 Å². The van der Waals surface area contributed by atoms with Crippen LogP contribution in [0.25, 0.3) is 11.3 Å². The number of anilines is 3. The molecule has 0 atom stereocenters. The number of nitrogens with one attached hydrogen (secondary N) is 2. The van der Waals surface area contributed by atoms with Gasteiger partial charge in [0.2, 0.25) is 15.9 Å². The van der Waals surface area contributed by atoms with E-state index in [2.05, 4.69) is 10.6 Å². The lowest BCUT2D eigenvalue weighted by atomic mass is 9.99. The number of ether oxygens (including phenoxy) is 2. The quantitative estimate of drug-likeness (QED) is 0.326. The lowest BCUT2D eigenvalue weighted by Gasteiger charge is -2.24. The van der Waals surface area contributed by atoms with Gasteiger partial charge in [-0.1, -0.05) is 30.3 Å². The van der Waals surface area contributed by atoms with Gasteiger partial charge in [0.25, 0.3) is 5.91 Å². The highest BCUT2D eigenvalue weighted by atomic mass is 32.2. The molecule has 1 aliphatic heterocycles. The van der Waals surface area contributed by atoms with E-state index < -0.39 is 10.0 Å². The van der Waals surface area contributed by atoms with Crippen molar-refractivity contribution >= 4 is 50.2 Å². The number of carbonyl (C=O) groups excluding carboxylic acids is 2. The Labute approximate surface area is 240 Å². The fourth-order valence-corrected chi connectivity index (χ4v) is 5.22. The number of benzene rings is 3. The average Bonchev–Trinajstić information content (AvgIpc) is 3.25. The Morgan fingerprint density at radius 2 is 1.54 bits per heavy atom. The Hall–Kier alpha value is -4.51. The van der Waals surface area contributed by atoms with Gasteiger partial charge in [-0.15, -0.1) is 0 Å². The van der Waals surface area contributed by atoms with Crippen LogP contribution >= 0.6 is 0 Å². The minimum absolute atomic E-state index is 0.287. The van der Waals surface area contributed by atoms with Gasteiger partial charge in [0.15, 0.2) is 11.5 Å². The Morgan fingerprint density at radius 3 is 2.10 bits per heavy atom. The number of fused-ring (bicyclic) bond motifs is 1. The summed E-state index contributed by atoms with van der Waals surface area (Å²) in [5, 5.41) is 6.31. The Balaban J connectivity index is 1.78. The van der Waals surface area contributed by atoms with Gasteiger partial charge >= 0.3 is 0 Å². The van der Waals surface area contributed by atoms with Crippen molar-refractivity contribution in [3.63, 3.8) is 0 Å². The van der Waals surface area contributed by atoms with E-state index in [4.69, 9.17) is 9.47 Å². The molecule has 2 N–H and O–H groups in total. The summed E-state index contributed by atoms with van der Waals surface area (Å²) in [7, 11) is -0.575. The van der Waals surface area contributed by atoms with Crippen molar-refractivity contribution in [1.82, 2.24) is 4.90 Å². The van der Waals surface area contributed by atoms with Crippen LogP contribution in [0, 0.1) is 0 Å². The molecular weight excluding hydrogens is 544 g/mol. The van der Waals surface area contributed by atoms with E-state index in [1.807, 2.05) is 44.2 Å². The molecule has 4 rings (SSSR count). The zero-order valence-corrected chi connectivity index (χ0v) is 24.5. The summed E-state index contributed by atoms with van der Waals surface area (Å²) in [6, 6.07) is 19.6. The Morgan fingerprint density at radius 1 is 0.927 bits per heavy atom. The first-order valence-corrected chi connectivity index (χ1v) is 15.0. The van der Waals surface area contributed by atoms with Gasteiger partial charge in [0, 0.05) is 31.4 Å². The molecule has 1 heterocycles. The van der Waals surface area contributed by atoms with Crippen LogP contribution in [0.1, 0.15) is 25.0 Å². The van der Waals surface area contributed by atoms with E-state index in [1.54, 1.807) is 50.5 Å². The highest BCUT2D eigenvalue weighted by Gasteiger charge is 2.31. The molecule has 0 bridgehead atoms. The van der Waals surface area contributed by atoms with Crippen LogP contribution in [0.5, 0.6) is 11.5 Å². The summed E-state index contributed by atoms with van der Waals surface area (Å²) in [6.45, 7) is 4.32. The van der Waals surface area contributed by atoms with Crippen LogP contribution in [0.3, 0.4) is 0 Å². The van der Waals surface area contributed by atoms with E-state index in [0.717, 1.165) is 16.1 Å². The van der Waals surface area contributed by atoms with Gasteiger partial charge in [-0.3, -0.25) is 13.9 Å². The molecule has 1 aliphatic rings. The number of carbonyl (C=O) groups is 2. The van der Waals surface area contributed by atoms with Gasteiger partial charge in [-0.05, 0) is 49.7 Å². The van der Waals surface area contributed by atoms with E-state index in [1.165, 1.54) is 4.90 Å². The SMILES string of the molecule is CCOc1cc2c(cc1OCC)C(=C(Nc1ccc(N(CC(=O)N(C)C)S(C)(=O)=O)cc1)c1ccccc1)C(=O)N2. The molecule has 0 radical (unpaired) electrons. The summed E-state index contributed by atoms with van der Waals surface area (Å²) < 4.78 is 37.6. The molecule has 11 heteroatoms. The van der Waals surface area contributed by atoms with Crippen molar-refractivity contribution in [2.24, 2.45) is 0 Å². The maximum atomic E-state index is 13.4. The molecule has 3 aromatic rings. The van der Waals surface area contributed by atoms with E-state index in [-0.39, 0.29) is 18.4 Å². The molecule has 0 aromatic heterocycles. The maximum Gasteiger partial charge on any atom is 0.258 e. The van der Waals surface area contributed by atoms with Gasteiger partial charge in [-0.25, -0.2) is 8.42 Å². The van der Waals surface area contributed by atoms with Crippen molar-refractivity contribution in [3.05, 3.63) is 77.9 Å². The molecule has 3 aromatic carbocycles. The molecule has 2 amide bonds. The summed E-state index contributed by atoms with van der Waals surface area (Å²) in [6.07, 6.45) is 1.06. The number of nitrogens with zero attached hydrogens (tertiary/aromatic N) is 2. The van der Waals surface area contributed by atoms with E-state index >= 15 is 0 Å². The first kappa shape index (κ1) is 29.5. The molecule has 0 fully saturated rings. The molecule has 10 nitrogen and oxygen atoms in total.